The van der Waals surface area contributed by atoms with Crippen molar-refractivity contribution in [3.05, 3.63) is 35.2 Å². The number of piperidine rings is 1. The molecule has 0 spiro atoms. The van der Waals surface area contributed by atoms with Crippen molar-refractivity contribution >= 4 is 27.3 Å². The second-order valence-corrected chi connectivity index (χ2v) is 7.17. The van der Waals surface area contributed by atoms with Gasteiger partial charge in [0.25, 0.3) is 5.91 Å². The number of benzene rings is 1. The zero-order chi connectivity index (χ0) is 15.6. The lowest BCUT2D eigenvalue weighted by Gasteiger charge is -2.33. The van der Waals surface area contributed by atoms with Crippen molar-refractivity contribution in [2.75, 3.05) is 26.3 Å². The molecule has 2 fully saturated rings. The largest absolute Gasteiger partial charge is 0.379 e. The highest BCUT2D eigenvalue weighted by Gasteiger charge is 2.28. The topological polar surface area (TPSA) is 38.8 Å². The number of ether oxygens (including phenoxy) is 2. The van der Waals surface area contributed by atoms with E-state index in [0.717, 1.165) is 56.5 Å². The van der Waals surface area contributed by atoms with E-state index >= 15 is 0 Å². The summed E-state index contributed by atoms with van der Waals surface area (Å²) in [5.41, 5.74) is 0.842. The highest BCUT2D eigenvalue weighted by atomic mass is 32.1. The first-order valence-corrected chi connectivity index (χ1v) is 9.18. The van der Waals surface area contributed by atoms with Crippen molar-refractivity contribution in [2.24, 2.45) is 0 Å². The van der Waals surface area contributed by atoms with Crippen molar-refractivity contribution in [1.29, 1.82) is 0 Å². The lowest BCUT2D eigenvalue weighted by atomic mass is 10.1. The summed E-state index contributed by atoms with van der Waals surface area (Å²) >= 11 is 1.64. The highest BCUT2D eigenvalue weighted by molar-refractivity contribution is 7.17. The summed E-state index contributed by atoms with van der Waals surface area (Å²) in [5.74, 6) is 0.157. The van der Waals surface area contributed by atoms with Crippen LogP contribution in [0.15, 0.2) is 29.6 Å². The molecule has 0 saturated carbocycles. The van der Waals surface area contributed by atoms with Crippen LogP contribution < -0.4 is 0 Å². The lowest BCUT2D eigenvalue weighted by molar-refractivity contribution is -0.0408. The number of likely N-dealkylation sites (tertiary alicyclic amines) is 1. The highest BCUT2D eigenvalue weighted by Crippen LogP contribution is 2.28. The maximum absolute atomic E-state index is 12.8. The van der Waals surface area contributed by atoms with Crippen molar-refractivity contribution in [3.8, 4) is 0 Å². The van der Waals surface area contributed by atoms with Crippen LogP contribution in [-0.4, -0.2) is 49.3 Å². The second-order valence-electron chi connectivity index (χ2n) is 6.26. The van der Waals surface area contributed by atoms with E-state index in [4.69, 9.17) is 9.47 Å². The minimum Gasteiger partial charge on any atom is -0.379 e. The molecule has 1 unspecified atom stereocenters. The van der Waals surface area contributed by atoms with E-state index in [-0.39, 0.29) is 18.1 Å². The van der Waals surface area contributed by atoms with Gasteiger partial charge in [0.15, 0.2) is 0 Å². The van der Waals surface area contributed by atoms with E-state index in [2.05, 4.69) is 6.07 Å². The Morgan fingerprint density at radius 1 is 1.17 bits per heavy atom. The van der Waals surface area contributed by atoms with Gasteiger partial charge in [0.2, 0.25) is 0 Å². The number of nitrogens with zero attached hydrogens (tertiary/aromatic N) is 1. The van der Waals surface area contributed by atoms with Gasteiger partial charge in [-0.25, -0.2) is 0 Å². The Bertz CT molecular complexity index is 684. The van der Waals surface area contributed by atoms with Gasteiger partial charge in [-0.05, 0) is 25.3 Å². The number of carbonyl (C=O) groups excluding carboxylic acids is 1. The molecule has 2 aliphatic heterocycles. The Hall–Kier alpha value is -1.43. The minimum absolute atomic E-state index is 0.157. The Morgan fingerprint density at radius 3 is 2.78 bits per heavy atom. The van der Waals surface area contributed by atoms with E-state index < -0.39 is 0 Å². The molecule has 1 aromatic heterocycles. The van der Waals surface area contributed by atoms with Gasteiger partial charge < -0.3 is 14.4 Å². The number of rotatable bonds is 3. The second kappa shape index (κ2) is 6.59. The Labute approximate surface area is 140 Å². The fraction of sp³-hybridized carbons (Fsp3) is 0.500. The van der Waals surface area contributed by atoms with Crippen molar-refractivity contribution < 1.29 is 14.3 Å². The summed E-state index contributed by atoms with van der Waals surface area (Å²) in [6, 6.07) is 8.12. The molecule has 1 atom stereocenters. The van der Waals surface area contributed by atoms with Gasteiger partial charge in [0.1, 0.15) is 0 Å². The predicted octanol–water partition coefficient (Wildman–Crippen LogP) is 3.31. The number of hydrogen-bond acceptors (Lipinski definition) is 4. The van der Waals surface area contributed by atoms with Crippen LogP contribution in [0.5, 0.6) is 0 Å². The van der Waals surface area contributed by atoms with E-state index in [1.807, 2.05) is 28.5 Å². The number of thiophene rings is 1. The zero-order valence-electron chi connectivity index (χ0n) is 13.1. The Kier molecular flexibility index (Phi) is 4.33. The molecule has 2 aromatic rings. The SMILES string of the molecule is O=C(c1csc2ccccc12)N1CCC(OC2CCOC2)CC1. The van der Waals surface area contributed by atoms with Crippen LogP contribution in [0.1, 0.15) is 29.6 Å². The molecule has 4 rings (SSSR count). The van der Waals surface area contributed by atoms with Gasteiger partial charge in [-0.3, -0.25) is 4.79 Å². The first kappa shape index (κ1) is 15.1. The molecule has 0 bridgehead atoms. The summed E-state index contributed by atoms with van der Waals surface area (Å²) in [4.78, 5) is 14.8. The third-order valence-corrected chi connectivity index (χ3v) is 5.68. The van der Waals surface area contributed by atoms with E-state index in [0.29, 0.717) is 0 Å². The zero-order valence-corrected chi connectivity index (χ0v) is 13.9. The van der Waals surface area contributed by atoms with E-state index in [1.54, 1.807) is 11.3 Å². The molecule has 122 valence electrons. The summed E-state index contributed by atoms with van der Waals surface area (Å²) in [6.45, 7) is 3.09. The predicted molar refractivity (Wildman–Crippen MR) is 91.1 cm³/mol. The van der Waals surface area contributed by atoms with Crippen LogP contribution in [0.25, 0.3) is 10.1 Å². The normalized spacial score (nSPS) is 22.8. The molecule has 5 heteroatoms. The van der Waals surface area contributed by atoms with Crippen LogP contribution in [0.4, 0.5) is 0 Å². The maximum Gasteiger partial charge on any atom is 0.255 e. The third-order valence-electron chi connectivity index (χ3n) is 4.71. The van der Waals surface area contributed by atoms with Crippen LogP contribution >= 0.6 is 11.3 Å². The molecule has 23 heavy (non-hydrogen) atoms. The van der Waals surface area contributed by atoms with Gasteiger partial charge in [-0.15, -0.1) is 11.3 Å². The molecule has 1 aromatic carbocycles. The van der Waals surface area contributed by atoms with Crippen LogP contribution in [0, 0.1) is 0 Å². The van der Waals surface area contributed by atoms with Crippen LogP contribution in [0.2, 0.25) is 0 Å². The number of carbonyl (C=O) groups is 1. The maximum atomic E-state index is 12.8. The first-order valence-electron chi connectivity index (χ1n) is 8.30. The molecule has 0 N–H and O–H groups in total. The number of hydrogen-bond donors (Lipinski definition) is 0. The summed E-state index contributed by atoms with van der Waals surface area (Å²) in [5, 5.41) is 3.06. The molecule has 0 aliphatic carbocycles. The molecule has 2 saturated heterocycles. The molecule has 2 aliphatic rings. The Balaban J connectivity index is 1.39. The van der Waals surface area contributed by atoms with E-state index in [9.17, 15) is 4.79 Å². The standard InChI is InChI=1S/C18H21NO3S/c20-18(16-12-23-17-4-2-1-3-15(16)17)19-8-5-13(6-9-19)22-14-7-10-21-11-14/h1-4,12-14H,5-11H2. The monoisotopic (exact) mass is 331 g/mol. The molecule has 4 nitrogen and oxygen atoms in total. The summed E-state index contributed by atoms with van der Waals surface area (Å²) in [7, 11) is 0. The molecule has 0 radical (unpaired) electrons. The van der Waals surface area contributed by atoms with Crippen molar-refractivity contribution in [2.45, 2.75) is 31.5 Å². The minimum atomic E-state index is 0.157. The Morgan fingerprint density at radius 2 is 2.00 bits per heavy atom. The van der Waals surface area contributed by atoms with Crippen molar-refractivity contribution in [1.82, 2.24) is 4.90 Å². The van der Waals surface area contributed by atoms with Gasteiger partial charge >= 0.3 is 0 Å². The number of fused-ring (bicyclic) bond motifs is 1. The van der Waals surface area contributed by atoms with Crippen LogP contribution in [-0.2, 0) is 9.47 Å². The smallest absolute Gasteiger partial charge is 0.255 e. The summed E-state index contributed by atoms with van der Waals surface area (Å²) < 4.78 is 12.6. The lowest BCUT2D eigenvalue weighted by Crippen LogP contribution is -2.41. The third kappa shape index (κ3) is 3.13. The number of amides is 1. The molecule has 3 heterocycles. The molecular formula is C18H21NO3S. The van der Waals surface area contributed by atoms with Gasteiger partial charge in [-0.2, -0.15) is 0 Å². The van der Waals surface area contributed by atoms with E-state index in [1.165, 1.54) is 4.70 Å². The fourth-order valence-electron chi connectivity index (χ4n) is 3.40. The van der Waals surface area contributed by atoms with Crippen LogP contribution in [0.3, 0.4) is 0 Å². The van der Waals surface area contributed by atoms with Gasteiger partial charge in [0.05, 0.1) is 24.4 Å². The average molecular weight is 331 g/mol. The fourth-order valence-corrected chi connectivity index (χ4v) is 4.34. The molecule has 1 amide bonds. The van der Waals surface area contributed by atoms with Gasteiger partial charge in [-0.1, -0.05) is 18.2 Å². The van der Waals surface area contributed by atoms with Crippen molar-refractivity contribution in [3.63, 3.8) is 0 Å². The average Bonchev–Trinajstić information content (AvgIpc) is 3.24. The quantitative estimate of drug-likeness (QED) is 0.866. The van der Waals surface area contributed by atoms with Gasteiger partial charge in [0, 0.05) is 35.2 Å². The summed E-state index contributed by atoms with van der Waals surface area (Å²) in [6.07, 6.45) is 3.36. The first-order chi connectivity index (χ1) is 11.3. The molecular weight excluding hydrogens is 310 g/mol.